The number of benzene rings is 2. The Kier molecular flexibility index (Phi) is 5.46. The molecule has 1 saturated heterocycles. The van der Waals surface area contributed by atoms with Crippen molar-refractivity contribution >= 4 is 17.5 Å². The van der Waals surface area contributed by atoms with Gasteiger partial charge in [0.05, 0.1) is 5.92 Å². The van der Waals surface area contributed by atoms with E-state index < -0.39 is 0 Å². The highest BCUT2D eigenvalue weighted by atomic mass is 19.1. The van der Waals surface area contributed by atoms with Gasteiger partial charge in [-0.15, -0.1) is 0 Å². The van der Waals surface area contributed by atoms with Gasteiger partial charge in [-0.25, -0.2) is 18.7 Å². The zero-order valence-corrected chi connectivity index (χ0v) is 15.7. The number of hydrogen-bond acceptors (Lipinski definition) is 4. The summed E-state index contributed by atoms with van der Waals surface area (Å²) < 4.78 is 26.4. The van der Waals surface area contributed by atoms with Crippen molar-refractivity contribution in [3.05, 3.63) is 72.6 Å². The molecule has 1 fully saturated rings. The maximum absolute atomic E-state index is 13.4. The summed E-state index contributed by atoms with van der Waals surface area (Å²) in [5.74, 6) is -0.411. The fourth-order valence-corrected chi connectivity index (χ4v) is 3.45. The maximum Gasteiger partial charge on any atom is 0.229 e. The molecule has 1 N–H and O–H groups in total. The Morgan fingerprint density at radius 1 is 1.00 bits per heavy atom. The van der Waals surface area contributed by atoms with Crippen LogP contribution in [0.15, 0.2) is 60.9 Å². The molecule has 1 aromatic heterocycles. The Morgan fingerprint density at radius 2 is 1.76 bits per heavy atom. The third-order valence-corrected chi connectivity index (χ3v) is 4.98. The second-order valence-corrected chi connectivity index (χ2v) is 7.06. The predicted octanol–water partition coefficient (Wildman–Crippen LogP) is 4.28. The van der Waals surface area contributed by atoms with Crippen LogP contribution in [0.25, 0.3) is 11.1 Å². The standard InChI is InChI=1S/C22H20F2N4O/c23-18-6-8-20(9-7-18)27-21(29)16-4-2-10-28(14-16)22-25-12-17(13-26-22)15-3-1-5-19(24)11-15/h1,3,5-9,11-13,16H,2,4,10,14H2,(H,27,29)/t16-/m1/s1. The summed E-state index contributed by atoms with van der Waals surface area (Å²) in [5, 5.41) is 2.84. The van der Waals surface area contributed by atoms with E-state index in [4.69, 9.17) is 0 Å². The van der Waals surface area contributed by atoms with Gasteiger partial charge < -0.3 is 10.2 Å². The minimum absolute atomic E-state index is 0.0994. The molecule has 2 heterocycles. The first kappa shape index (κ1) is 19.0. The van der Waals surface area contributed by atoms with Crippen molar-refractivity contribution in [1.82, 2.24) is 9.97 Å². The highest BCUT2D eigenvalue weighted by Crippen LogP contribution is 2.24. The number of amides is 1. The van der Waals surface area contributed by atoms with Crippen molar-refractivity contribution in [2.75, 3.05) is 23.3 Å². The van der Waals surface area contributed by atoms with E-state index in [0.717, 1.165) is 24.9 Å². The van der Waals surface area contributed by atoms with Gasteiger partial charge in [-0.1, -0.05) is 12.1 Å². The van der Waals surface area contributed by atoms with E-state index in [1.165, 1.54) is 24.3 Å². The van der Waals surface area contributed by atoms with E-state index in [1.807, 2.05) is 4.90 Å². The van der Waals surface area contributed by atoms with Gasteiger partial charge in [-0.05, 0) is 54.8 Å². The van der Waals surface area contributed by atoms with Gasteiger partial charge in [0.1, 0.15) is 11.6 Å². The average Bonchev–Trinajstić information content (AvgIpc) is 2.75. The first-order valence-electron chi connectivity index (χ1n) is 9.48. The summed E-state index contributed by atoms with van der Waals surface area (Å²) in [6, 6.07) is 12.0. The van der Waals surface area contributed by atoms with Crippen LogP contribution in [-0.4, -0.2) is 29.0 Å². The molecule has 0 aliphatic carbocycles. The topological polar surface area (TPSA) is 58.1 Å². The Hall–Kier alpha value is -3.35. The molecule has 2 aromatic carbocycles. The van der Waals surface area contributed by atoms with Gasteiger partial charge in [-0.3, -0.25) is 4.79 Å². The third-order valence-electron chi connectivity index (χ3n) is 4.98. The van der Waals surface area contributed by atoms with E-state index in [2.05, 4.69) is 15.3 Å². The van der Waals surface area contributed by atoms with E-state index in [1.54, 1.807) is 36.7 Å². The quantitative estimate of drug-likeness (QED) is 0.718. The van der Waals surface area contributed by atoms with Crippen LogP contribution in [0.1, 0.15) is 12.8 Å². The summed E-state index contributed by atoms with van der Waals surface area (Å²) in [6.07, 6.45) is 4.94. The number of anilines is 2. The molecule has 3 aromatic rings. The smallest absolute Gasteiger partial charge is 0.229 e. The molecule has 29 heavy (non-hydrogen) atoms. The lowest BCUT2D eigenvalue weighted by atomic mass is 9.97. The molecule has 0 saturated carbocycles. The van der Waals surface area contributed by atoms with Crippen LogP contribution in [-0.2, 0) is 4.79 Å². The van der Waals surface area contributed by atoms with Crippen LogP contribution in [0.2, 0.25) is 0 Å². The van der Waals surface area contributed by atoms with Crippen molar-refractivity contribution in [2.24, 2.45) is 5.92 Å². The number of hydrogen-bond donors (Lipinski definition) is 1. The molecule has 0 unspecified atom stereocenters. The lowest BCUT2D eigenvalue weighted by molar-refractivity contribution is -0.120. The Morgan fingerprint density at radius 3 is 2.48 bits per heavy atom. The van der Waals surface area contributed by atoms with Crippen molar-refractivity contribution in [3.63, 3.8) is 0 Å². The summed E-state index contributed by atoms with van der Waals surface area (Å²) in [5.41, 5.74) is 2.02. The van der Waals surface area contributed by atoms with E-state index in [0.29, 0.717) is 23.7 Å². The van der Waals surface area contributed by atoms with Gasteiger partial charge in [-0.2, -0.15) is 0 Å². The number of nitrogens with one attached hydrogen (secondary N) is 1. The summed E-state index contributed by atoms with van der Waals surface area (Å²) in [4.78, 5) is 23.4. The molecule has 0 radical (unpaired) electrons. The van der Waals surface area contributed by atoms with E-state index in [-0.39, 0.29) is 23.5 Å². The number of nitrogens with zero attached hydrogens (tertiary/aromatic N) is 3. The van der Waals surface area contributed by atoms with Crippen LogP contribution in [0.5, 0.6) is 0 Å². The van der Waals surface area contributed by atoms with Crippen molar-refractivity contribution in [2.45, 2.75) is 12.8 Å². The zero-order chi connectivity index (χ0) is 20.2. The molecule has 1 amide bonds. The molecule has 1 aliphatic heterocycles. The van der Waals surface area contributed by atoms with Crippen molar-refractivity contribution in [1.29, 1.82) is 0 Å². The van der Waals surface area contributed by atoms with Crippen LogP contribution < -0.4 is 10.2 Å². The molecule has 148 valence electrons. The van der Waals surface area contributed by atoms with Crippen LogP contribution in [0.4, 0.5) is 20.4 Å². The molecule has 4 rings (SSSR count). The van der Waals surface area contributed by atoms with Gasteiger partial charge in [0.2, 0.25) is 11.9 Å². The SMILES string of the molecule is O=C(Nc1ccc(F)cc1)[C@@H]1CCCN(c2ncc(-c3cccc(F)c3)cn2)C1. The molecule has 0 spiro atoms. The summed E-state index contributed by atoms with van der Waals surface area (Å²) in [6.45, 7) is 1.27. The molecule has 7 heteroatoms. The second-order valence-electron chi connectivity index (χ2n) is 7.06. The summed E-state index contributed by atoms with van der Waals surface area (Å²) >= 11 is 0. The molecular formula is C22H20F2N4O. The molecule has 1 atom stereocenters. The van der Waals surface area contributed by atoms with Gasteiger partial charge >= 0.3 is 0 Å². The minimum atomic E-state index is -0.342. The van der Waals surface area contributed by atoms with E-state index >= 15 is 0 Å². The van der Waals surface area contributed by atoms with Crippen molar-refractivity contribution < 1.29 is 13.6 Å². The second kappa shape index (κ2) is 8.34. The minimum Gasteiger partial charge on any atom is -0.340 e. The number of carbonyl (C=O) groups excluding carboxylic acids is 1. The largest absolute Gasteiger partial charge is 0.340 e. The number of carbonyl (C=O) groups is 1. The fourth-order valence-electron chi connectivity index (χ4n) is 3.45. The molecule has 1 aliphatic rings. The van der Waals surface area contributed by atoms with Crippen LogP contribution >= 0.6 is 0 Å². The van der Waals surface area contributed by atoms with Crippen LogP contribution in [0, 0.1) is 17.6 Å². The maximum atomic E-state index is 13.4. The number of rotatable bonds is 4. The van der Waals surface area contributed by atoms with Gasteiger partial charge in [0.15, 0.2) is 0 Å². The monoisotopic (exact) mass is 394 g/mol. The number of halogens is 2. The van der Waals surface area contributed by atoms with Gasteiger partial charge in [0, 0.05) is 36.7 Å². The van der Waals surface area contributed by atoms with Crippen LogP contribution in [0.3, 0.4) is 0 Å². The highest BCUT2D eigenvalue weighted by molar-refractivity contribution is 5.93. The Balaban J connectivity index is 1.42. The highest BCUT2D eigenvalue weighted by Gasteiger charge is 2.27. The zero-order valence-electron chi connectivity index (χ0n) is 15.7. The molecule has 5 nitrogen and oxygen atoms in total. The predicted molar refractivity (Wildman–Crippen MR) is 107 cm³/mol. The van der Waals surface area contributed by atoms with Gasteiger partial charge in [0.25, 0.3) is 0 Å². The number of piperidine rings is 1. The lowest BCUT2D eigenvalue weighted by Crippen LogP contribution is -2.41. The Labute approximate surface area is 167 Å². The Bertz CT molecular complexity index is 992. The fraction of sp³-hybridized carbons (Fsp3) is 0.227. The van der Waals surface area contributed by atoms with Crippen molar-refractivity contribution in [3.8, 4) is 11.1 Å². The normalized spacial score (nSPS) is 16.5. The summed E-state index contributed by atoms with van der Waals surface area (Å²) in [7, 11) is 0. The average molecular weight is 394 g/mol. The first-order valence-corrected chi connectivity index (χ1v) is 9.48. The lowest BCUT2D eigenvalue weighted by Gasteiger charge is -2.32. The van der Waals surface area contributed by atoms with E-state index in [9.17, 15) is 13.6 Å². The number of aromatic nitrogens is 2. The third kappa shape index (κ3) is 4.56. The first-order chi connectivity index (χ1) is 14.1. The molecular weight excluding hydrogens is 374 g/mol. The molecule has 0 bridgehead atoms.